The molecule has 1 aliphatic heterocycles. The molecule has 1 aromatic heterocycles. The number of nitrogens with zero attached hydrogens (tertiary/aromatic N) is 2. The lowest BCUT2D eigenvalue weighted by Crippen LogP contribution is -2.54. The lowest BCUT2D eigenvalue weighted by Gasteiger charge is -2.45. The second-order valence-corrected chi connectivity index (χ2v) is 8.30. The molecular formula is C21H25ClN4O. The molecule has 5 nitrogen and oxygen atoms in total. The van der Waals surface area contributed by atoms with Crippen LogP contribution in [0.15, 0.2) is 42.5 Å². The van der Waals surface area contributed by atoms with Gasteiger partial charge in [-0.3, -0.25) is 0 Å². The van der Waals surface area contributed by atoms with Gasteiger partial charge in [-0.2, -0.15) is 0 Å². The fourth-order valence-corrected chi connectivity index (χ4v) is 4.40. The predicted molar refractivity (Wildman–Crippen MR) is 108 cm³/mol. The van der Waals surface area contributed by atoms with Crippen molar-refractivity contribution in [3.8, 4) is 0 Å². The maximum atomic E-state index is 12.1. The highest BCUT2D eigenvalue weighted by atomic mass is 35.5. The van der Waals surface area contributed by atoms with Gasteiger partial charge in [-0.1, -0.05) is 29.8 Å². The van der Waals surface area contributed by atoms with Gasteiger partial charge in [0.15, 0.2) is 0 Å². The van der Waals surface area contributed by atoms with Gasteiger partial charge in [0.05, 0.1) is 0 Å². The Kier molecular flexibility index (Phi) is 4.96. The Morgan fingerprint density at radius 3 is 2.78 bits per heavy atom. The first-order valence-electron chi connectivity index (χ1n) is 9.49. The SMILES string of the molecule is Cc1cccc(N2CC[C@]3(C2)C[C@H](NC(=O)NCc2ccc(Cl)cc2)C3)n1. The highest BCUT2D eigenvalue weighted by molar-refractivity contribution is 6.30. The van der Waals surface area contributed by atoms with Gasteiger partial charge >= 0.3 is 6.03 Å². The van der Waals surface area contributed by atoms with Crippen molar-refractivity contribution in [2.24, 2.45) is 5.41 Å². The summed E-state index contributed by atoms with van der Waals surface area (Å²) in [6.45, 7) is 4.62. The number of benzene rings is 1. The number of aromatic nitrogens is 1. The Hall–Kier alpha value is -2.27. The number of amides is 2. The van der Waals surface area contributed by atoms with Crippen molar-refractivity contribution < 1.29 is 4.79 Å². The van der Waals surface area contributed by atoms with E-state index in [1.54, 1.807) is 0 Å². The average molecular weight is 385 g/mol. The molecule has 1 aliphatic carbocycles. The molecule has 2 N–H and O–H groups in total. The second kappa shape index (κ2) is 7.39. The van der Waals surface area contributed by atoms with E-state index in [1.165, 1.54) is 6.42 Å². The molecule has 1 saturated heterocycles. The van der Waals surface area contributed by atoms with E-state index in [2.05, 4.69) is 32.7 Å². The van der Waals surface area contributed by atoms with Crippen LogP contribution in [0, 0.1) is 12.3 Å². The van der Waals surface area contributed by atoms with Crippen LogP contribution in [-0.4, -0.2) is 30.1 Å². The van der Waals surface area contributed by atoms with Crippen molar-refractivity contribution in [3.05, 3.63) is 58.7 Å². The summed E-state index contributed by atoms with van der Waals surface area (Å²) in [5.74, 6) is 1.07. The molecule has 0 atom stereocenters. The minimum absolute atomic E-state index is 0.0972. The molecule has 2 aromatic rings. The Labute approximate surface area is 165 Å². The van der Waals surface area contributed by atoms with Gasteiger partial charge in [-0.25, -0.2) is 9.78 Å². The Morgan fingerprint density at radius 2 is 2.04 bits per heavy atom. The molecule has 1 spiro atoms. The molecule has 0 radical (unpaired) electrons. The van der Waals surface area contributed by atoms with Gasteiger partial charge in [-0.15, -0.1) is 0 Å². The van der Waals surface area contributed by atoms with Gasteiger partial charge in [0.2, 0.25) is 0 Å². The fourth-order valence-electron chi connectivity index (χ4n) is 4.28. The van der Waals surface area contributed by atoms with E-state index < -0.39 is 0 Å². The van der Waals surface area contributed by atoms with Crippen LogP contribution in [0.1, 0.15) is 30.5 Å². The number of carbonyl (C=O) groups excluding carboxylic acids is 1. The monoisotopic (exact) mass is 384 g/mol. The number of rotatable bonds is 4. The van der Waals surface area contributed by atoms with Crippen molar-refractivity contribution in [2.45, 2.75) is 38.8 Å². The van der Waals surface area contributed by atoms with Crippen LogP contribution in [0.25, 0.3) is 0 Å². The molecule has 2 aliphatic rings. The van der Waals surface area contributed by atoms with E-state index in [4.69, 9.17) is 11.6 Å². The van der Waals surface area contributed by atoms with Gasteiger partial charge in [0.1, 0.15) is 5.82 Å². The number of anilines is 1. The molecule has 0 bridgehead atoms. The van der Waals surface area contributed by atoms with Crippen LogP contribution in [0.4, 0.5) is 10.6 Å². The molecule has 2 fully saturated rings. The number of nitrogens with one attached hydrogen (secondary N) is 2. The van der Waals surface area contributed by atoms with Crippen molar-refractivity contribution in [1.29, 1.82) is 0 Å². The van der Waals surface area contributed by atoms with Gasteiger partial charge in [0.25, 0.3) is 0 Å². The number of carbonyl (C=O) groups is 1. The van der Waals surface area contributed by atoms with E-state index in [0.29, 0.717) is 17.0 Å². The second-order valence-electron chi connectivity index (χ2n) is 7.87. The number of urea groups is 1. The van der Waals surface area contributed by atoms with Crippen LogP contribution in [-0.2, 0) is 6.54 Å². The van der Waals surface area contributed by atoms with Gasteiger partial charge in [-0.05, 0) is 61.4 Å². The molecule has 1 aromatic carbocycles. The summed E-state index contributed by atoms with van der Waals surface area (Å²) in [4.78, 5) is 19.2. The van der Waals surface area contributed by atoms with Crippen LogP contribution >= 0.6 is 11.6 Å². The summed E-state index contributed by atoms with van der Waals surface area (Å²) in [6.07, 6.45) is 3.26. The lowest BCUT2D eigenvalue weighted by molar-refractivity contribution is 0.111. The third-order valence-electron chi connectivity index (χ3n) is 5.70. The normalized spacial score (nSPS) is 23.9. The van der Waals surface area contributed by atoms with E-state index in [1.807, 2.05) is 37.3 Å². The van der Waals surface area contributed by atoms with Crippen LogP contribution < -0.4 is 15.5 Å². The zero-order valence-corrected chi connectivity index (χ0v) is 16.3. The summed E-state index contributed by atoms with van der Waals surface area (Å²) in [5, 5.41) is 6.73. The Bertz CT molecular complexity index is 817. The maximum absolute atomic E-state index is 12.1. The highest BCUT2D eigenvalue weighted by Crippen LogP contribution is 2.48. The van der Waals surface area contributed by atoms with Crippen molar-refractivity contribution >= 4 is 23.4 Å². The molecule has 2 heterocycles. The van der Waals surface area contributed by atoms with E-state index >= 15 is 0 Å². The minimum Gasteiger partial charge on any atom is -0.356 e. The number of halogens is 1. The van der Waals surface area contributed by atoms with E-state index in [-0.39, 0.29) is 12.1 Å². The molecule has 1 saturated carbocycles. The summed E-state index contributed by atoms with van der Waals surface area (Å²) < 4.78 is 0. The number of hydrogen-bond donors (Lipinski definition) is 2. The third kappa shape index (κ3) is 4.19. The first-order valence-corrected chi connectivity index (χ1v) is 9.87. The summed E-state index contributed by atoms with van der Waals surface area (Å²) in [7, 11) is 0. The van der Waals surface area contributed by atoms with Crippen LogP contribution in [0.5, 0.6) is 0 Å². The summed E-state index contributed by atoms with van der Waals surface area (Å²) in [5.41, 5.74) is 2.43. The van der Waals surface area contributed by atoms with Crippen LogP contribution in [0.2, 0.25) is 5.02 Å². The number of hydrogen-bond acceptors (Lipinski definition) is 3. The minimum atomic E-state index is -0.0972. The first-order chi connectivity index (χ1) is 13.0. The highest BCUT2D eigenvalue weighted by Gasteiger charge is 2.49. The van der Waals surface area contributed by atoms with Gasteiger partial charge < -0.3 is 15.5 Å². The average Bonchev–Trinajstić information content (AvgIpc) is 3.06. The van der Waals surface area contributed by atoms with Crippen molar-refractivity contribution in [1.82, 2.24) is 15.6 Å². The zero-order valence-electron chi connectivity index (χ0n) is 15.5. The smallest absolute Gasteiger partial charge is 0.315 e. The lowest BCUT2D eigenvalue weighted by atomic mass is 9.65. The quantitative estimate of drug-likeness (QED) is 0.840. The first kappa shape index (κ1) is 18.1. The van der Waals surface area contributed by atoms with E-state index in [0.717, 1.165) is 43.0 Å². The maximum Gasteiger partial charge on any atom is 0.315 e. The zero-order chi connectivity index (χ0) is 18.9. The van der Waals surface area contributed by atoms with E-state index in [9.17, 15) is 4.79 Å². The number of pyridine rings is 1. The molecule has 4 rings (SSSR count). The Morgan fingerprint density at radius 1 is 1.26 bits per heavy atom. The number of aryl methyl sites for hydroxylation is 1. The predicted octanol–water partition coefficient (Wildman–Crippen LogP) is 3.90. The molecule has 2 amide bonds. The third-order valence-corrected chi connectivity index (χ3v) is 5.95. The molecule has 27 heavy (non-hydrogen) atoms. The Balaban J connectivity index is 1.22. The molecule has 6 heteroatoms. The molecular weight excluding hydrogens is 360 g/mol. The largest absolute Gasteiger partial charge is 0.356 e. The topological polar surface area (TPSA) is 57.3 Å². The molecule has 142 valence electrons. The molecule has 0 unspecified atom stereocenters. The van der Waals surface area contributed by atoms with Gasteiger partial charge in [0, 0.05) is 36.4 Å². The summed E-state index contributed by atoms with van der Waals surface area (Å²) >= 11 is 5.88. The van der Waals surface area contributed by atoms with Crippen molar-refractivity contribution in [2.75, 3.05) is 18.0 Å². The van der Waals surface area contributed by atoms with Crippen molar-refractivity contribution in [3.63, 3.8) is 0 Å². The fraction of sp³-hybridized carbons (Fsp3) is 0.429. The summed E-state index contributed by atoms with van der Waals surface area (Å²) in [6, 6.07) is 13.9. The van der Waals surface area contributed by atoms with Crippen LogP contribution in [0.3, 0.4) is 0 Å². The standard InChI is InChI=1S/C21H25ClN4O/c1-15-3-2-4-19(24-15)26-10-9-21(14-26)11-18(12-21)25-20(27)23-13-16-5-7-17(22)8-6-16/h2-8,18H,9-14H2,1H3,(H2,23,25,27)/t18-,21-.